The lowest BCUT2D eigenvalue weighted by Gasteiger charge is -2.20. The van der Waals surface area contributed by atoms with Crippen molar-refractivity contribution in [2.75, 3.05) is 31.0 Å². The van der Waals surface area contributed by atoms with Crippen LogP contribution in [0, 0.1) is 0 Å². The van der Waals surface area contributed by atoms with Gasteiger partial charge in [-0.25, -0.2) is 13.1 Å². The molecule has 10 heteroatoms. The van der Waals surface area contributed by atoms with Crippen LogP contribution in [0.4, 0.5) is 11.4 Å². The van der Waals surface area contributed by atoms with Gasteiger partial charge in [-0.05, 0) is 49.2 Å². The summed E-state index contributed by atoms with van der Waals surface area (Å²) in [4.78, 5) is 25.9. The lowest BCUT2D eigenvalue weighted by molar-refractivity contribution is -0.117. The minimum Gasteiger partial charge on any atom is -0.497 e. The highest BCUT2D eigenvalue weighted by Crippen LogP contribution is 2.34. The van der Waals surface area contributed by atoms with Crippen LogP contribution in [0.5, 0.6) is 11.5 Å². The predicted octanol–water partition coefficient (Wildman–Crippen LogP) is 2.31. The summed E-state index contributed by atoms with van der Waals surface area (Å²) in [5.74, 6) is 0.577. The molecule has 0 spiro atoms. The Bertz CT molecular complexity index is 1130. The zero-order chi connectivity index (χ0) is 23.5. The highest BCUT2D eigenvalue weighted by Gasteiger charge is 2.30. The van der Waals surface area contributed by atoms with E-state index in [1.165, 1.54) is 27.2 Å². The van der Waals surface area contributed by atoms with E-state index < -0.39 is 10.0 Å². The van der Waals surface area contributed by atoms with E-state index in [4.69, 9.17) is 9.47 Å². The van der Waals surface area contributed by atoms with Crippen molar-refractivity contribution in [2.24, 2.45) is 0 Å². The first-order valence-corrected chi connectivity index (χ1v) is 11.6. The molecule has 2 N–H and O–H groups in total. The summed E-state index contributed by atoms with van der Waals surface area (Å²) < 4.78 is 38.2. The van der Waals surface area contributed by atoms with Gasteiger partial charge in [-0.15, -0.1) is 0 Å². The van der Waals surface area contributed by atoms with Gasteiger partial charge in [-0.1, -0.05) is 0 Å². The number of hydrogen-bond donors (Lipinski definition) is 2. The molecule has 1 aliphatic rings. The Kier molecular flexibility index (Phi) is 7.05. The average Bonchev–Trinajstić information content (AvgIpc) is 3.08. The molecule has 2 aromatic rings. The maximum Gasteiger partial charge on any atom is 0.240 e. The highest BCUT2D eigenvalue weighted by atomic mass is 32.2. The normalized spacial score (nSPS) is 15.2. The number of methoxy groups -OCH3 is 2. The van der Waals surface area contributed by atoms with Crippen LogP contribution in [0.15, 0.2) is 41.3 Å². The Morgan fingerprint density at radius 3 is 2.53 bits per heavy atom. The Hall–Kier alpha value is -3.11. The first kappa shape index (κ1) is 23.6. The van der Waals surface area contributed by atoms with Crippen LogP contribution in [0.1, 0.15) is 25.8 Å². The Morgan fingerprint density at radius 1 is 1.12 bits per heavy atom. The maximum atomic E-state index is 12.7. The number of nitrogens with zero attached hydrogens (tertiary/aromatic N) is 1. The number of carbonyl (C=O) groups is 2. The van der Waals surface area contributed by atoms with E-state index in [-0.39, 0.29) is 35.7 Å². The predicted molar refractivity (Wildman–Crippen MR) is 121 cm³/mol. The number of benzene rings is 2. The Morgan fingerprint density at radius 2 is 1.88 bits per heavy atom. The van der Waals surface area contributed by atoms with E-state index >= 15 is 0 Å². The van der Waals surface area contributed by atoms with Crippen LogP contribution in [-0.2, 0) is 26.0 Å². The highest BCUT2D eigenvalue weighted by molar-refractivity contribution is 7.89. The van der Waals surface area contributed by atoms with E-state index in [9.17, 15) is 18.0 Å². The number of rotatable bonds is 8. The minimum atomic E-state index is -3.80. The molecule has 3 rings (SSSR count). The zero-order valence-corrected chi connectivity index (χ0v) is 19.3. The fourth-order valence-corrected chi connectivity index (χ4v) is 4.83. The summed E-state index contributed by atoms with van der Waals surface area (Å²) in [6, 6.07) is 9.65. The molecule has 0 saturated carbocycles. The van der Waals surface area contributed by atoms with Gasteiger partial charge in [0.25, 0.3) is 0 Å². The monoisotopic (exact) mass is 461 g/mol. The van der Waals surface area contributed by atoms with Gasteiger partial charge in [-0.2, -0.15) is 0 Å². The van der Waals surface area contributed by atoms with Crippen LogP contribution in [0.25, 0.3) is 0 Å². The summed E-state index contributed by atoms with van der Waals surface area (Å²) in [6.07, 6.45) is 0.527. The second kappa shape index (κ2) is 9.58. The standard InChI is InChI=1S/C22H27N3O6S/c1-14-11-16-12-18(6-8-20(16)25(14)15(2)26)32(28,29)23-10-9-22(27)24-19-7-5-17(30-3)13-21(19)31-4/h5-8,12-14,23H,9-11H2,1-4H3,(H,24,27)/t14-/m1/s1. The molecule has 9 nitrogen and oxygen atoms in total. The smallest absolute Gasteiger partial charge is 0.240 e. The topological polar surface area (TPSA) is 114 Å². The molecule has 1 aliphatic heterocycles. The van der Waals surface area contributed by atoms with Crippen LogP contribution in [-0.4, -0.2) is 47.0 Å². The third-order valence-electron chi connectivity index (χ3n) is 5.24. The van der Waals surface area contributed by atoms with Gasteiger partial charge in [0.1, 0.15) is 11.5 Å². The molecule has 1 heterocycles. The first-order valence-electron chi connectivity index (χ1n) is 10.1. The quantitative estimate of drug-likeness (QED) is 0.624. The first-order chi connectivity index (χ1) is 15.2. The van der Waals surface area contributed by atoms with Crippen molar-refractivity contribution in [1.29, 1.82) is 0 Å². The molecule has 0 saturated heterocycles. The molecule has 0 fully saturated rings. The van der Waals surface area contributed by atoms with Crippen molar-refractivity contribution in [2.45, 2.75) is 37.6 Å². The molecule has 2 amide bonds. The number of nitrogens with one attached hydrogen (secondary N) is 2. The molecular formula is C22H27N3O6S. The van der Waals surface area contributed by atoms with Gasteiger partial charge in [0, 0.05) is 37.7 Å². The molecule has 0 bridgehead atoms. The lowest BCUT2D eigenvalue weighted by atomic mass is 10.1. The largest absolute Gasteiger partial charge is 0.497 e. The fourth-order valence-electron chi connectivity index (χ4n) is 3.75. The SMILES string of the molecule is COc1ccc(NC(=O)CCNS(=O)(=O)c2ccc3c(c2)C[C@@H](C)N3C(C)=O)c(OC)c1. The van der Waals surface area contributed by atoms with Crippen LogP contribution in [0.2, 0.25) is 0 Å². The van der Waals surface area contributed by atoms with Crippen molar-refractivity contribution < 1.29 is 27.5 Å². The molecule has 172 valence electrons. The number of sulfonamides is 1. The van der Waals surface area contributed by atoms with Crippen molar-refractivity contribution in [1.82, 2.24) is 4.72 Å². The maximum absolute atomic E-state index is 12.7. The van der Waals surface area contributed by atoms with Crippen LogP contribution >= 0.6 is 0 Å². The lowest BCUT2D eigenvalue weighted by Crippen LogP contribution is -2.33. The van der Waals surface area contributed by atoms with E-state index in [0.717, 1.165) is 11.3 Å². The fraction of sp³-hybridized carbons (Fsp3) is 0.364. The van der Waals surface area contributed by atoms with Gasteiger partial charge in [-0.3, -0.25) is 9.59 Å². The second-order valence-electron chi connectivity index (χ2n) is 7.49. The van der Waals surface area contributed by atoms with Gasteiger partial charge >= 0.3 is 0 Å². The molecule has 1 atom stereocenters. The number of amides is 2. The van der Waals surface area contributed by atoms with E-state index in [0.29, 0.717) is 23.6 Å². The van der Waals surface area contributed by atoms with Crippen LogP contribution < -0.4 is 24.4 Å². The average molecular weight is 462 g/mol. The third kappa shape index (κ3) is 5.03. The Labute approximate surface area is 187 Å². The van der Waals surface area contributed by atoms with Crippen molar-refractivity contribution in [3.8, 4) is 11.5 Å². The summed E-state index contributed by atoms with van der Waals surface area (Å²) in [5, 5.41) is 2.70. The molecule has 0 radical (unpaired) electrons. The van der Waals surface area contributed by atoms with Gasteiger partial charge < -0.3 is 19.7 Å². The van der Waals surface area contributed by atoms with Crippen molar-refractivity contribution in [3.63, 3.8) is 0 Å². The number of carbonyl (C=O) groups excluding carboxylic acids is 2. The summed E-state index contributed by atoms with van der Waals surface area (Å²) >= 11 is 0. The number of hydrogen-bond acceptors (Lipinski definition) is 6. The Balaban J connectivity index is 1.61. The van der Waals surface area contributed by atoms with E-state index in [1.54, 1.807) is 35.2 Å². The summed E-state index contributed by atoms with van der Waals surface area (Å²) in [6.45, 7) is 3.34. The molecule has 32 heavy (non-hydrogen) atoms. The number of ether oxygens (including phenoxy) is 2. The van der Waals surface area contributed by atoms with Crippen molar-refractivity contribution in [3.05, 3.63) is 42.0 Å². The number of fused-ring (bicyclic) bond motifs is 1. The van der Waals surface area contributed by atoms with Gasteiger partial charge in [0.05, 0.1) is 24.8 Å². The molecule has 0 aliphatic carbocycles. The molecule has 0 aromatic heterocycles. The second-order valence-corrected chi connectivity index (χ2v) is 9.26. The summed E-state index contributed by atoms with van der Waals surface area (Å²) in [5.41, 5.74) is 2.00. The van der Waals surface area contributed by atoms with Gasteiger partial charge in [0.2, 0.25) is 21.8 Å². The van der Waals surface area contributed by atoms with Crippen molar-refractivity contribution >= 4 is 33.2 Å². The molecule has 2 aromatic carbocycles. The van der Waals surface area contributed by atoms with Crippen LogP contribution in [0.3, 0.4) is 0 Å². The van der Waals surface area contributed by atoms with E-state index in [2.05, 4.69) is 10.0 Å². The zero-order valence-electron chi connectivity index (χ0n) is 18.5. The minimum absolute atomic E-state index is 0.0212. The number of anilines is 2. The molecule has 0 unspecified atom stereocenters. The van der Waals surface area contributed by atoms with Gasteiger partial charge in [0.15, 0.2) is 0 Å². The third-order valence-corrected chi connectivity index (χ3v) is 6.70. The molecular weight excluding hydrogens is 434 g/mol. The van der Waals surface area contributed by atoms with E-state index in [1.807, 2.05) is 6.92 Å². The summed E-state index contributed by atoms with van der Waals surface area (Å²) in [7, 11) is -0.797.